The normalized spacial score (nSPS) is 15.0. The van der Waals surface area contributed by atoms with Crippen molar-refractivity contribution in [3.63, 3.8) is 0 Å². The van der Waals surface area contributed by atoms with Crippen molar-refractivity contribution in [1.82, 2.24) is 0 Å². The van der Waals surface area contributed by atoms with Crippen LogP contribution in [0.1, 0.15) is 26.2 Å². The lowest BCUT2D eigenvalue weighted by Gasteiger charge is -1.93. The van der Waals surface area contributed by atoms with Crippen molar-refractivity contribution < 1.29 is 0 Å². The van der Waals surface area contributed by atoms with E-state index in [2.05, 4.69) is 24.1 Å². The van der Waals surface area contributed by atoms with Gasteiger partial charge in [0, 0.05) is 4.87 Å². The van der Waals surface area contributed by atoms with E-state index in [0.717, 1.165) is 6.42 Å². The topological polar surface area (TPSA) is 78.1 Å². The van der Waals surface area contributed by atoms with Crippen molar-refractivity contribution in [3.8, 4) is 0 Å². The third-order valence-corrected chi connectivity index (χ3v) is 2.07. The van der Waals surface area contributed by atoms with Gasteiger partial charge in [-0.15, -0.1) is 11.6 Å². The molecule has 0 atom stereocenters. The van der Waals surface area contributed by atoms with Gasteiger partial charge in [0.25, 0.3) is 0 Å². The first-order valence-electron chi connectivity index (χ1n) is 4.19. The molecule has 0 radical (unpaired) electrons. The van der Waals surface area contributed by atoms with Crippen LogP contribution in [0.4, 0.5) is 0 Å². The minimum absolute atomic E-state index is 0.264. The van der Waals surface area contributed by atoms with Crippen LogP contribution in [0.15, 0.2) is 0 Å². The van der Waals surface area contributed by atoms with Gasteiger partial charge in [0.1, 0.15) is 0 Å². The van der Waals surface area contributed by atoms with Crippen LogP contribution in [0.5, 0.6) is 0 Å². The van der Waals surface area contributed by atoms with Gasteiger partial charge in [-0.25, -0.2) is 0 Å². The van der Waals surface area contributed by atoms with Gasteiger partial charge in [-0.3, -0.25) is 0 Å². The molecule has 1 saturated carbocycles. The molecule has 12 heavy (non-hydrogen) atoms. The second-order valence-corrected chi connectivity index (χ2v) is 2.81. The third-order valence-electron chi connectivity index (χ3n) is 1.43. The fraction of sp³-hybridized carbons (Fsp3) is 1.00. The molecule has 1 rings (SSSR count). The van der Waals surface area contributed by atoms with Crippen molar-refractivity contribution in [2.45, 2.75) is 31.1 Å². The third kappa shape index (κ3) is 12.8. The number of alkyl halides is 1. The van der Waals surface area contributed by atoms with Gasteiger partial charge in [0.05, 0.1) is 0 Å². The zero-order valence-electron chi connectivity index (χ0n) is 8.73. The van der Waals surface area contributed by atoms with Crippen molar-refractivity contribution in [3.05, 3.63) is 0 Å². The molecule has 0 heterocycles. The summed E-state index contributed by atoms with van der Waals surface area (Å²) in [7, 11) is 4.50. The van der Waals surface area contributed by atoms with Crippen molar-refractivity contribution in [2.24, 2.45) is 17.2 Å². The van der Waals surface area contributed by atoms with Crippen LogP contribution in [-0.2, 0) is 0 Å². The Bertz CT molecular complexity index is 65.3. The van der Waals surface area contributed by atoms with Crippen LogP contribution in [0.3, 0.4) is 0 Å². The fourth-order valence-electron chi connectivity index (χ4n) is 0.489. The molecule has 0 spiro atoms. The highest BCUT2D eigenvalue weighted by atomic mass is 35.5. The highest BCUT2D eigenvalue weighted by Crippen LogP contribution is 2.44. The lowest BCUT2D eigenvalue weighted by Crippen LogP contribution is -1.89. The second kappa shape index (κ2) is 13.7. The van der Waals surface area contributed by atoms with Crippen LogP contribution in [0, 0.1) is 0 Å². The van der Waals surface area contributed by atoms with Crippen molar-refractivity contribution in [1.29, 1.82) is 0 Å². The first kappa shape index (κ1) is 18.1. The maximum absolute atomic E-state index is 5.83. The van der Waals surface area contributed by atoms with E-state index in [4.69, 9.17) is 11.6 Å². The van der Waals surface area contributed by atoms with Crippen LogP contribution >= 0.6 is 11.6 Å². The Balaban J connectivity index is -0.000000117. The average molecular weight is 198 g/mol. The maximum atomic E-state index is 5.83. The molecule has 0 bridgehead atoms. The Morgan fingerprint density at radius 3 is 1.25 bits per heavy atom. The Hall–Kier alpha value is 0.170. The lowest BCUT2D eigenvalue weighted by atomic mass is 10.3. The Morgan fingerprint density at radius 1 is 1.00 bits per heavy atom. The zero-order valence-corrected chi connectivity index (χ0v) is 9.49. The Morgan fingerprint density at radius 2 is 1.25 bits per heavy atom. The molecule has 1 aliphatic rings. The van der Waals surface area contributed by atoms with E-state index in [1.807, 2.05) is 0 Å². The minimum atomic E-state index is 0.264. The summed E-state index contributed by atoms with van der Waals surface area (Å²) in [6, 6.07) is 0. The Kier molecular flexibility index (Phi) is 20.7. The molecule has 0 aromatic heterocycles. The molecule has 1 aliphatic carbocycles. The summed E-state index contributed by atoms with van der Waals surface area (Å²) in [5.74, 6) is 0. The van der Waals surface area contributed by atoms with Gasteiger partial charge < -0.3 is 17.2 Å². The monoisotopic (exact) mass is 197 g/mol. The van der Waals surface area contributed by atoms with E-state index in [0.29, 0.717) is 0 Å². The molecule has 0 unspecified atom stereocenters. The van der Waals surface area contributed by atoms with E-state index in [9.17, 15) is 0 Å². The van der Waals surface area contributed by atoms with E-state index in [-0.39, 0.29) is 4.87 Å². The number of halogens is 1. The van der Waals surface area contributed by atoms with Crippen LogP contribution < -0.4 is 17.2 Å². The van der Waals surface area contributed by atoms with Gasteiger partial charge in [-0.2, -0.15) is 0 Å². The summed E-state index contributed by atoms with van der Waals surface area (Å²) in [5.41, 5.74) is 13.5. The van der Waals surface area contributed by atoms with Gasteiger partial charge in [0.15, 0.2) is 0 Å². The van der Waals surface area contributed by atoms with E-state index < -0.39 is 0 Å². The van der Waals surface area contributed by atoms with E-state index in [1.54, 1.807) is 0 Å². The van der Waals surface area contributed by atoms with Crippen LogP contribution in [0.25, 0.3) is 0 Å². The zero-order chi connectivity index (χ0) is 10.6. The van der Waals surface area contributed by atoms with Gasteiger partial charge in [0.2, 0.25) is 0 Å². The average Bonchev–Trinajstić information content (AvgIpc) is 2.95. The molecular formula is C8H24ClN3. The molecule has 4 heteroatoms. The highest BCUT2D eigenvalue weighted by molar-refractivity contribution is 6.25. The molecule has 0 aromatic rings. The van der Waals surface area contributed by atoms with Crippen molar-refractivity contribution >= 4 is 11.6 Å². The van der Waals surface area contributed by atoms with Gasteiger partial charge in [-0.1, -0.05) is 6.92 Å². The summed E-state index contributed by atoms with van der Waals surface area (Å²) in [6.45, 7) is 2.14. The molecule has 78 valence electrons. The first-order valence-corrected chi connectivity index (χ1v) is 4.57. The molecular weight excluding hydrogens is 174 g/mol. The van der Waals surface area contributed by atoms with Crippen LogP contribution in [0.2, 0.25) is 0 Å². The standard InChI is InChI=1S/C5H9Cl.3CH5N/c1-2-5(6)3-4-5;3*1-2/h2-4H2,1H3;3*2H2,1H3. The predicted octanol–water partition coefficient (Wildman–Crippen LogP) is 0.893. The summed E-state index contributed by atoms with van der Waals surface area (Å²) in [6.07, 6.45) is 3.63. The number of hydrogen-bond acceptors (Lipinski definition) is 3. The smallest absolute Gasteiger partial charge is 0.0445 e. The summed E-state index contributed by atoms with van der Waals surface area (Å²) >= 11 is 5.83. The molecule has 1 fully saturated rings. The van der Waals surface area contributed by atoms with E-state index >= 15 is 0 Å². The number of nitrogens with two attached hydrogens (primary N) is 3. The van der Waals surface area contributed by atoms with Crippen molar-refractivity contribution in [2.75, 3.05) is 21.1 Å². The van der Waals surface area contributed by atoms with Crippen LogP contribution in [-0.4, -0.2) is 26.0 Å². The molecule has 0 aliphatic heterocycles. The number of hydrogen-bond donors (Lipinski definition) is 3. The molecule has 0 saturated heterocycles. The van der Waals surface area contributed by atoms with Gasteiger partial charge in [-0.05, 0) is 40.4 Å². The van der Waals surface area contributed by atoms with E-state index in [1.165, 1.54) is 34.0 Å². The molecule has 6 N–H and O–H groups in total. The number of rotatable bonds is 1. The quantitative estimate of drug-likeness (QED) is 0.547. The highest BCUT2D eigenvalue weighted by Gasteiger charge is 2.37. The summed E-state index contributed by atoms with van der Waals surface area (Å²) < 4.78 is 0. The second-order valence-electron chi connectivity index (χ2n) is 2.00. The lowest BCUT2D eigenvalue weighted by molar-refractivity contribution is 0.840. The van der Waals surface area contributed by atoms with Gasteiger partial charge >= 0.3 is 0 Å². The minimum Gasteiger partial charge on any atom is -0.333 e. The fourth-order valence-corrected chi connectivity index (χ4v) is 0.584. The first-order chi connectivity index (χ1) is 5.77. The molecule has 0 amide bonds. The molecule has 3 nitrogen and oxygen atoms in total. The largest absolute Gasteiger partial charge is 0.333 e. The summed E-state index contributed by atoms with van der Waals surface area (Å²) in [5, 5.41) is 0. The SMILES string of the molecule is CCC1(Cl)CC1.CN.CN.CN. The Labute approximate surface area is 81.6 Å². The maximum Gasteiger partial charge on any atom is 0.0445 e. The summed E-state index contributed by atoms with van der Waals surface area (Å²) in [4.78, 5) is 0.264. The molecule has 0 aromatic carbocycles. The predicted molar refractivity (Wildman–Crippen MR) is 58.4 cm³/mol.